The Labute approximate surface area is 161 Å². The zero-order valence-electron chi connectivity index (χ0n) is 15.3. The molecule has 1 aromatic carbocycles. The van der Waals surface area contributed by atoms with Gasteiger partial charge < -0.3 is 19.8 Å². The van der Waals surface area contributed by atoms with Crippen molar-refractivity contribution in [3.05, 3.63) is 47.9 Å². The van der Waals surface area contributed by atoms with E-state index in [2.05, 4.69) is 10.6 Å². The summed E-state index contributed by atoms with van der Waals surface area (Å²) < 4.78 is 11.1. The molecule has 3 heterocycles. The normalized spacial score (nSPS) is 19.3. The summed E-state index contributed by atoms with van der Waals surface area (Å²) in [7, 11) is 0. The SMILES string of the molecule is O=C(NC1CCCCNC1=O)c1ccc(CN2C(=O)COc3ccccc32)o1. The van der Waals surface area contributed by atoms with Gasteiger partial charge in [0, 0.05) is 6.54 Å². The van der Waals surface area contributed by atoms with Gasteiger partial charge >= 0.3 is 0 Å². The van der Waals surface area contributed by atoms with Gasteiger partial charge in [0.05, 0.1) is 12.2 Å². The van der Waals surface area contributed by atoms with E-state index in [1.165, 1.54) is 0 Å². The number of hydrogen-bond acceptors (Lipinski definition) is 5. The quantitative estimate of drug-likeness (QED) is 0.835. The van der Waals surface area contributed by atoms with Crippen LogP contribution in [0.25, 0.3) is 0 Å². The van der Waals surface area contributed by atoms with Gasteiger partial charge in [-0.3, -0.25) is 19.3 Å². The van der Waals surface area contributed by atoms with E-state index in [4.69, 9.17) is 9.15 Å². The number of para-hydroxylation sites is 2. The summed E-state index contributed by atoms with van der Waals surface area (Å²) in [4.78, 5) is 38.3. The van der Waals surface area contributed by atoms with Crippen LogP contribution in [-0.4, -0.2) is 36.9 Å². The summed E-state index contributed by atoms with van der Waals surface area (Å²) in [6.45, 7) is 0.781. The zero-order valence-corrected chi connectivity index (χ0v) is 15.3. The maximum absolute atomic E-state index is 12.5. The first-order chi connectivity index (χ1) is 13.6. The predicted molar refractivity (Wildman–Crippen MR) is 99.9 cm³/mol. The molecule has 0 aliphatic carbocycles. The minimum atomic E-state index is -0.559. The minimum Gasteiger partial charge on any atom is -0.482 e. The van der Waals surface area contributed by atoms with Crippen LogP contribution in [0.1, 0.15) is 35.6 Å². The molecular weight excluding hydrogens is 362 g/mol. The third-order valence-electron chi connectivity index (χ3n) is 4.85. The van der Waals surface area contributed by atoms with Crippen molar-refractivity contribution in [1.29, 1.82) is 0 Å². The number of fused-ring (bicyclic) bond motifs is 1. The molecule has 0 bridgehead atoms. The summed E-state index contributed by atoms with van der Waals surface area (Å²) in [6, 6.07) is 9.92. The second-order valence-corrected chi connectivity index (χ2v) is 6.82. The van der Waals surface area contributed by atoms with Gasteiger partial charge in [-0.25, -0.2) is 0 Å². The Balaban J connectivity index is 1.45. The number of hydrogen-bond donors (Lipinski definition) is 2. The number of furan rings is 1. The van der Waals surface area contributed by atoms with Crippen LogP contribution in [-0.2, 0) is 16.1 Å². The lowest BCUT2D eigenvalue weighted by molar-refractivity contribution is -0.123. The fourth-order valence-corrected chi connectivity index (χ4v) is 3.37. The molecule has 8 nitrogen and oxygen atoms in total. The third-order valence-corrected chi connectivity index (χ3v) is 4.85. The van der Waals surface area contributed by atoms with Crippen LogP contribution in [0.5, 0.6) is 5.75 Å². The number of amides is 3. The molecule has 1 unspecified atom stereocenters. The maximum Gasteiger partial charge on any atom is 0.287 e. The van der Waals surface area contributed by atoms with Crippen molar-refractivity contribution in [2.75, 3.05) is 18.1 Å². The summed E-state index contributed by atoms with van der Waals surface area (Å²) in [6.07, 6.45) is 2.37. The van der Waals surface area contributed by atoms with E-state index in [1.54, 1.807) is 29.2 Å². The highest BCUT2D eigenvalue weighted by Gasteiger charge is 2.27. The largest absolute Gasteiger partial charge is 0.482 e. The number of rotatable bonds is 4. The van der Waals surface area contributed by atoms with E-state index < -0.39 is 11.9 Å². The van der Waals surface area contributed by atoms with Gasteiger partial charge in [0.25, 0.3) is 11.8 Å². The minimum absolute atomic E-state index is 0.0398. The Hall–Kier alpha value is -3.29. The molecule has 8 heteroatoms. The first-order valence-electron chi connectivity index (χ1n) is 9.31. The Kier molecular flexibility index (Phi) is 5.01. The van der Waals surface area contributed by atoms with Crippen LogP contribution >= 0.6 is 0 Å². The lowest BCUT2D eigenvalue weighted by atomic mass is 10.1. The van der Waals surface area contributed by atoms with E-state index >= 15 is 0 Å². The molecule has 1 atom stereocenters. The molecular formula is C20H21N3O5. The number of benzene rings is 1. The number of nitrogens with zero attached hydrogens (tertiary/aromatic N) is 1. The third kappa shape index (κ3) is 3.71. The number of carbonyl (C=O) groups is 3. The van der Waals surface area contributed by atoms with Crippen LogP contribution in [0, 0.1) is 0 Å². The number of ether oxygens (including phenoxy) is 1. The van der Waals surface area contributed by atoms with Crippen molar-refractivity contribution in [3.63, 3.8) is 0 Å². The van der Waals surface area contributed by atoms with E-state index in [0.29, 0.717) is 30.2 Å². The smallest absolute Gasteiger partial charge is 0.287 e. The lowest BCUT2D eigenvalue weighted by Crippen LogP contribution is -2.45. The van der Waals surface area contributed by atoms with E-state index in [9.17, 15) is 14.4 Å². The molecule has 3 amide bonds. The first kappa shape index (κ1) is 18.1. The number of nitrogens with one attached hydrogen (secondary N) is 2. The van der Waals surface area contributed by atoms with Crippen LogP contribution in [0.2, 0.25) is 0 Å². The second-order valence-electron chi connectivity index (χ2n) is 6.82. The fourth-order valence-electron chi connectivity index (χ4n) is 3.37. The van der Waals surface area contributed by atoms with Gasteiger partial charge in [0.15, 0.2) is 12.4 Å². The molecule has 0 radical (unpaired) electrons. The summed E-state index contributed by atoms with van der Waals surface area (Å²) in [5.74, 6) is 0.416. The van der Waals surface area contributed by atoms with Gasteiger partial charge in [0.2, 0.25) is 5.91 Å². The molecule has 1 saturated heterocycles. The second kappa shape index (κ2) is 7.75. The molecule has 4 rings (SSSR count). The van der Waals surface area contributed by atoms with Crippen molar-refractivity contribution < 1.29 is 23.5 Å². The highest BCUT2D eigenvalue weighted by Crippen LogP contribution is 2.32. The average Bonchev–Trinajstić information content (AvgIpc) is 3.08. The lowest BCUT2D eigenvalue weighted by Gasteiger charge is -2.28. The van der Waals surface area contributed by atoms with Gasteiger partial charge in [-0.1, -0.05) is 12.1 Å². The molecule has 1 fully saturated rings. The monoisotopic (exact) mass is 383 g/mol. The van der Waals surface area contributed by atoms with Gasteiger partial charge in [0.1, 0.15) is 17.6 Å². The number of anilines is 1. The standard InChI is InChI=1S/C20H21N3O5/c24-18-12-27-16-7-2-1-6-15(16)23(18)11-13-8-9-17(28-13)20(26)22-14-5-3-4-10-21-19(14)25/h1-2,6-9,14H,3-5,10-12H2,(H,21,25)(H,22,26). The van der Waals surface area contributed by atoms with E-state index in [1.807, 2.05) is 12.1 Å². The molecule has 0 saturated carbocycles. The fraction of sp³-hybridized carbons (Fsp3) is 0.350. The zero-order chi connectivity index (χ0) is 19.5. The van der Waals surface area contributed by atoms with Crippen LogP contribution in [0.4, 0.5) is 5.69 Å². The molecule has 146 valence electrons. The van der Waals surface area contributed by atoms with E-state index in [-0.39, 0.29) is 30.7 Å². The maximum atomic E-state index is 12.5. The predicted octanol–water partition coefficient (Wildman–Crippen LogP) is 1.60. The average molecular weight is 383 g/mol. The van der Waals surface area contributed by atoms with Crippen molar-refractivity contribution in [1.82, 2.24) is 10.6 Å². The Morgan fingerprint density at radius 2 is 2.04 bits per heavy atom. The Morgan fingerprint density at radius 1 is 1.18 bits per heavy atom. The molecule has 0 spiro atoms. The van der Waals surface area contributed by atoms with Crippen LogP contribution in [0.3, 0.4) is 0 Å². The topological polar surface area (TPSA) is 101 Å². The van der Waals surface area contributed by atoms with Crippen LogP contribution in [0.15, 0.2) is 40.8 Å². The van der Waals surface area contributed by atoms with Gasteiger partial charge in [-0.2, -0.15) is 0 Å². The molecule has 1 aromatic heterocycles. The molecule has 2 N–H and O–H groups in total. The van der Waals surface area contributed by atoms with E-state index in [0.717, 1.165) is 12.8 Å². The summed E-state index contributed by atoms with van der Waals surface area (Å²) >= 11 is 0. The molecule has 2 aliphatic heterocycles. The van der Waals surface area contributed by atoms with Crippen molar-refractivity contribution >= 4 is 23.4 Å². The summed E-state index contributed by atoms with van der Waals surface area (Å²) in [5, 5.41) is 5.51. The van der Waals surface area contributed by atoms with Crippen molar-refractivity contribution in [2.45, 2.75) is 31.8 Å². The molecule has 2 aromatic rings. The summed E-state index contributed by atoms with van der Waals surface area (Å²) in [5.41, 5.74) is 0.663. The highest BCUT2D eigenvalue weighted by atomic mass is 16.5. The van der Waals surface area contributed by atoms with Gasteiger partial charge in [-0.05, 0) is 43.5 Å². The highest BCUT2D eigenvalue weighted by molar-refractivity contribution is 5.98. The Bertz CT molecular complexity index is 907. The first-order valence-corrected chi connectivity index (χ1v) is 9.31. The molecule has 2 aliphatic rings. The Morgan fingerprint density at radius 3 is 2.93 bits per heavy atom. The van der Waals surface area contributed by atoms with Crippen molar-refractivity contribution in [3.8, 4) is 5.75 Å². The van der Waals surface area contributed by atoms with Crippen LogP contribution < -0.4 is 20.3 Å². The van der Waals surface area contributed by atoms with Crippen molar-refractivity contribution in [2.24, 2.45) is 0 Å². The molecule has 28 heavy (non-hydrogen) atoms. The van der Waals surface area contributed by atoms with Gasteiger partial charge in [-0.15, -0.1) is 0 Å². The number of carbonyl (C=O) groups excluding carboxylic acids is 3.